The van der Waals surface area contributed by atoms with Gasteiger partial charge in [-0.15, -0.1) is 0 Å². The monoisotopic (exact) mass is 278 g/mol. The van der Waals surface area contributed by atoms with Gasteiger partial charge >= 0.3 is 5.97 Å². The van der Waals surface area contributed by atoms with Crippen molar-refractivity contribution >= 4 is 21.7 Å². The molecule has 0 aromatic rings. The van der Waals surface area contributed by atoms with E-state index in [2.05, 4.69) is 10.6 Å². The van der Waals surface area contributed by atoms with Crippen LogP contribution in [0.1, 0.15) is 19.3 Å². The number of sulfone groups is 1. The van der Waals surface area contributed by atoms with Gasteiger partial charge in [0.1, 0.15) is 15.9 Å². The Balaban J connectivity index is 2.51. The number of rotatable bonds is 6. The third-order valence-electron chi connectivity index (χ3n) is 2.77. The molecule has 0 bridgehead atoms. The van der Waals surface area contributed by atoms with E-state index in [1.807, 2.05) is 0 Å². The van der Waals surface area contributed by atoms with Gasteiger partial charge in [0.25, 0.3) is 0 Å². The van der Waals surface area contributed by atoms with E-state index in [1.54, 1.807) is 0 Å². The Labute approximate surface area is 106 Å². The normalized spacial score (nSPS) is 21.5. The topological polar surface area (TPSA) is 113 Å². The predicted molar refractivity (Wildman–Crippen MR) is 64.9 cm³/mol. The van der Waals surface area contributed by atoms with Crippen molar-refractivity contribution < 1.29 is 23.1 Å². The SMILES string of the molecule is CS(=O)(=O)CCC(NC(=O)C1CCCN1)C(=O)O. The number of carboxylic acids is 1. The van der Waals surface area contributed by atoms with Crippen LogP contribution >= 0.6 is 0 Å². The molecule has 1 fully saturated rings. The van der Waals surface area contributed by atoms with Crippen molar-refractivity contribution in [2.45, 2.75) is 31.3 Å². The largest absolute Gasteiger partial charge is 0.480 e. The zero-order valence-corrected chi connectivity index (χ0v) is 11.0. The lowest BCUT2D eigenvalue weighted by molar-refractivity contribution is -0.142. The average molecular weight is 278 g/mol. The van der Waals surface area contributed by atoms with Crippen molar-refractivity contribution in [2.75, 3.05) is 18.6 Å². The number of carbonyl (C=O) groups is 2. The molecule has 7 nitrogen and oxygen atoms in total. The number of carboxylic acid groups (broad SMARTS) is 1. The molecular weight excluding hydrogens is 260 g/mol. The smallest absolute Gasteiger partial charge is 0.326 e. The fourth-order valence-corrected chi connectivity index (χ4v) is 2.43. The Morgan fingerprint density at radius 2 is 2.17 bits per heavy atom. The molecule has 8 heteroatoms. The first-order valence-electron chi connectivity index (χ1n) is 5.74. The van der Waals surface area contributed by atoms with Crippen LogP contribution in [-0.2, 0) is 19.4 Å². The molecule has 3 N–H and O–H groups in total. The lowest BCUT2D eigenvalue weighted by atomic mass is 10.1. The van der Waals surface area contributed by atoms with Gasteiger partial charge in [0, 0.05) is 6.26 Å². The summed E-state index contributed by atoms with van der Waals surface area (Å²) in [6.45, 7) is 0.735. The third kappa shape index (κ3) is 5.01. The molecule has 1 heterocycles. The van der Waals surface area contributed by atoms with Crippen LogP contribution in [0.25, 0.3) is 0 Å². The Kier molecular flexibility index (Phi) is 5.09. The first-order valence-corrected chi connectivity index (χ1v) is 7.80. The quantitative estimate of drug-likeness (QED) is 0.559. The summed E-state index contributed by atoms with van der Waals surface area (Å²) < 4.78 is 22.0. The number of hydrogen-bond donors (Lipinski definition) is 3. The summed E-state index contributed by atoms with van der Waals surface area (Å²) in [6, 6.07) is -1.53. The number of amides is 1. The Hall–Kier alpha value is -1.15. The van der Waals surface area contributed by atoms with Gasteiger partial charge in [-0.05, 0) is 25.8 Å². The van der Waals surface area contributed by atoms with Gasteiger partial charge in [-0.1, -0.05) is 0 Å². The molecule has 2 unspecified atom stereocenters. The first kappa shape index (κ1) is 14.9. The van der Waals surface area contributed by atoms with Crippen molar-refractivity contribution in [1.82, 2.24) is 10.6 Å². The Bertz CT molecular complexity index is 414. The van der Waals surface area contributed by atoms with Crippen molar-refractivity contribution in [1.29, 1.82) is 0 Å². The number of hydrogen-bond acceptors (Lipinski definition) is 5. The summed E-state index contributed by atoms with van der Waals surface area (Å²) in [4.78, 5) is 22.6. The summed E-state index contributed by atoms with van der Waals surface area (Å²) in [5.74, 6) is -1.86. The summed E-state index contributed by atoms with van der Waals surface area (Å²) in [7, 11) is -3.24. The molecule has 18 heavy (non-hydrogen) atoms. The third-order valence-corrected chi connectivity index (χ3v) is 3.75. The van der Waals surface area contributed by atoms with Gasteiger partial charge in [-0.25, -0.2) is 13.2 Å². The second-order valence-electron chi connectivity index (χ2n) is 4.47. The second kappa shape index (κ2) is 6.14. The molecule has 0 aromatic carbocycles. The molecule has 1 aliphatic heterocycles. The van der Waals surface area contributed by atoms with E-state index in [-0.39, 0.29) is 24.1 Å². The van der Waals surface area contributed by atoms with E-state index in [1.165, 1.54) is 0 Å². The van der Waals surface area contributed by atoms with Crippen LogP contribution in [0.4, 0.5) is 0 Å². The molecule has 1 amide bonds. The zero-order chi connectivity index (χ0) is 13.8. The highest BCUT2D eigenvalue weighted by Gasteiger charge is 2.27. The Morgan fingerprint density at radius 3 is 2.61 bits per heavy atom. The summed E-state index contributed by atoms with van der Waals surface area (Å²) in [5.41, 5.74) is 0. The fourth-order valence-electron chi connectivity index (χ4n) is 1.77. The standard InChI is InChI=1S/C10H18N2O5S/c1-18(16,17)6-4-8(10(14)15)12-9(13)7-3-2-5-11-7/h7-8,11H,2-6H2,1H3,(H,12,13)(H,14,15). The molecule has 0 radical (unpaired) electrons. The summed E-state index contributed by atoms with van der Waals surface area (Å²) in [6.07, 6.45) is 2.46. The average Bonchev–Trinajstić information content (AvgIpc) is 2.75. The van der Waals surface area contributed by atoms with E-state index >= 15 is 0 Å². The van der Waals surface area contributed by atoms with Crippen LogP contribution in [0.5, 0.6) is 0 Å². The van der Waals surface area contributed by atoms with E-state index in [4.69, 9.17) is 5.11 Å². The fraction of sp³-hybridized carbons (Fsp3) is 0.800. The van der Waals surface area contributed by atoms with Crippen LogP contribution < -0.4 is 10.6 Å². The zero-order valence-electron chi connectivity index (χ0n) is 10.2. The van der Waals surface area contributed by atoms with Crippen LogP contribution in [0, 0.1) is 0 Å². The van der Waals surface area contributed by atoms with E-state index < -0.39 is 21.8 Å². The minimum Gasteiger partial charge on any atom is -0.480 e. The van der Waals surface area contributed by atoms with Gasteiger partial charge in [0.2, 0.25) is 5.91 Å². The van der Waals surface area contributed by atoms with Crippen molar-refractivity contribution in [2.24, 2.45) is 0 Å². The molecule has 1 aliphatic rings. The lowest BCUT2D eigenvalue weighted by Gasteiger charge is -2.17. The maximum atomic E-state index is 11.7. The summed E-state index contributed by atoms with van der Waals surface area (Å²) in [5, 5.41) is 14.2. The minimum absolute atomic E-state index is 0.118. The van der Waals surface area contributed by atoms with Crippen molar-refractivity contribution in [3.05, 3.63) is 0 Å². The van der Waals surface area contributed by atoms with E-state index in [9.17, 15) is 18.0 Å². The maximum Gasteiger partial charge on any atom is 0.326 e. The minimum atomic E-state index is -3.24. The highest BCUT2D eigenvalue weighted by molar-refractivity contribution is 7.90. The predicted octanol–water partition coefficient (Wildman–Crippen LogP) is -1.26. The number of nitrogens with one attached hydrogen (secondary N) is 2. The lowest BCUT2D eigenvalue weighted by Crippen LogP contribution is -2.48. The molecule has 1 saturated heterocycles. The van der Waals surface area contributed by atoms with Gasteiger partial charge in [-0.3, -0.25) is 4.79 Å². The second-order valence-corrected chi connectivity index (χ2v) is 6.73. The van der Waals surface area contributed by atoms with E-state index in [0.29, 0.717) is 6.42 Å². The van der Waals surface area contributed by atoms with Crippen molar-refractivity contribution in [3.8, 4) is 0 Å². The van der Waals surface area contributed by atoms with Crippen LogP contribution in [0.2, 0.25) is 0 Å². The summed E-state index contributed by atoms with van der Waals surface area (Å²) >= 11 is 0. The molecule has 104 valence electrons. The van der Waals surface area contributed by atoms with Gasteiger partial charge in [0.15, 0.2) is 0 Å². The molecule has 0 aliphatic carbocycles. The molecule has 0 saturated carbocycles. The molecule has 0 aromatic heterocycles. The van der Waals surface area contributed by atoms with Crippen LogP contribution in [-0.4, -0.2) is 56.0 Å². The van der Waals surface area contributed by atoms with Crippen molar-refractivity contribution in [3.63, 3.8) is 0 Å². The highest BCUT2D eigenvalue weighted by Crippen LogP contribution is 2.06. The van der Waals surface area contributed by atoms with Crippen LogP contribution in [0.15, 0.2) is 0 Å². The highest BCUT2D eigenvalue weighted by atomic mass is 32.2. The van der Waals surface area contributed by atoms with Gasteiger partial charge in [-0.2, -0.15) is 0 Å². The number of aliphatic carboxylic acids is 1. The molecule has 1 rings (SSSR count). The Morgan fingerprint density at radius 1 is 1.50 bits per heavy atom. The molecular formula is C10H18N2O5S. The number of carbonyl (C=O) groups excluding carboxylic acids is 1. The molecule has 2 atom stereocenters. The van der Waals surface area contributed by atoms with E-state index in [0.717, 1.165) is 19.2 Å². The maximum absolute atomic E-state index is 11.7. The molecule has 0 spiro atoms. The van der Waals surface area contributed by atoms with Crippen LogP contribution in [0.3, 0.4) is 0 Å². The van der Waals surface area contributed by atoms with Gasteiger partial charge in [0.05, 0.1) is 11.8 Å². The van der Waals surface area contributed by atoms with Gasteiger partial charge < -0.3 is 15.7 Å². The first-order chi connectivity index (χ1) is 8.29.